The van der Waals surface area contributed by atoms with Crippen molar-refractivity contribution in [2.75, 3.05) is 29.0 Å². The highest BCUT2D eigenvalue weighted by Gasteiger charge is 2.22. The number of hydrogen-bond acceptors (Lipinski definition) is 10. The molecule has 0 radical (unpaired) electrons. The number of nitrogens with two attached hydrogens (primary N) is 2. The molecule has 0 bridgehead atoms. The predicted molar refractivity (Wildman–Crippen MR) is 139 cm³/mol. The zero-order valence-electron chi connectivity index (χ0n) is 21.0. The second-order valence-electron chi connectivity index (χ2n) is 8.45. The van der Waals surface area contributed by atoms with E-state index in [0.29, 0.717) is 18.7 Å². The molecule has 0 aliphatic heterocycles. The van der Waals surface area contributed by atoms with E-state index >= 15 is 0 Å². The van der Waals surface area contributed by atoms with Gasteiger partial charge in [0.05, 0.1) is 6.33 Å². The van der Waals surface area contributed by atoms with Gasteiger partial charge in [-0.3, -0.25) is 4.99 Å². The van der Waals surface area contributed by atoms with E-state index in [1.54, 1.807) is 0 Å². The van der Waals surface area contributed by atoms with Gasteiger partial charge in [0, 0.05) is 31.4 Å². The highest BCUT2D eigenvalue weighted by atomic mass is 16.4. The number of aliphatic carboxylic acids is 2. The Hall–Kier alpha value is -4.17. The molecule has 0 aliphatic rings. The predicted octanol–water partition coefficient (Wildman–Crippen LogP) is 1.00. The van der Waals surface area contributed by atoms with Crippen LogP contribution in [-0.4, -0.2) is 78.2 Å². The molecule has 0 fully saturated rings. The molecule has 2 atom stereocenters. The van der Waals surface area contributed by atoms with Gasteiger partial charge in [-0.2, -0.15) is 15.0 Å². The average Bonchev–Trinajstić information content (AvgIpc) is 3.35. The second kappa shape index (κ2) is 15.7. The van der Waals surface area contributed by atoms with Gasteiger partial charge in [0.1, 0.15) is 12.1 Å². The fourth-order valence-electron chi connectivity index (χ4n) is 3.40. The van der Waals surface area contributed by atoms with Crippen LogP contribution in [0.4, 0.5) is 17.8 Å². The van der Waals surface area contributed by atoms with Gasteiger partial charge < -0.3 is 42.6 Å². The Kier molecular flexibility index (Phi) is 12.4. The van der Waals surface area contributed by atoms with Crippen molar-refractivity contribution in [1.82, 2.24) is 24.9 Å². The van der Waals surface area contributed by atoms with Crippen LogP contribution in [0, 0.1) is 0 Å². The van der Waals surface area contributed by atoms with Crippen LogP contribution in [0.5, 0.6) is 0 Å². The van der Waals surface area contributed by atoms with Crippen molar-refractivity contribution < 1.29 is 19.8 Å². The Morgan fingerprint density at radius 1 is 0.973 bits per heavy atom. The lowest BCUT2D eigenvalue weighted by molar-refractivity contribution is -0.138. The van der Waals surface area contributed by atoms with E-state index in [4.69, 9.17) is 11.5 Å². The first-order valence-electron chi connectivity index (χ1n) is 12.3. The number of hydrogen-bond donors (Lipinski definition) is 8. The first-order valence-corrected chi connectivity index (χ1v) is 12.3. The molecular formula is C22H37N11O4. The molecule has 2 aromatic rings. The summed E-state index contributed by atoms with van der Waals surface area (Å²) in [7, 11) is 0. The maximum atomic E-state index is 11.9. The summed E-state index contributed by atoms with van der Waals surface area (Å²) in [6.07, 6.45) is 9.09. The lowest BCUT2D eigenvalue weighted by Crippen LogP contribution is -2.33. The molecule has 204 valence electrons. The monoisotopic (exact) mass is 519 g/mol. The quantitative estimate of drug-likeness (QED) is 0.0734. The van der Waals surface area contributed by atoms with Crippen molar-refractivity contribution in [2.24, 2.45) is 16.5 Å². The molecule has 2 aromatic heterocycles. The van der Waals surface area contributed by atoms with Gasteiger partial charge >= 0.3 is 11.9 Å². The highest BCUT2D eigenvalue weighted by molar-refractivity contribution is 5.78. The van der Waals surface area contributed by atoms with Crippen LogP contribution >= 0.6 is 0 Å². The molecule has 37 heavy (non-hydrogen) atoms. The van der Waals surface area contributed by atoms with Gasteiger partial charge in [-0.25, -0.2) is 14.6 Å². The number of aromatic nitrogens is 5. The van der Waals surface area contributed by atoms with E-state index in [9.17, 15) is 19.8 Å². The van der Waals surface area contributed by atoms with Crippen LogP contribution < -0.4 is 27.4 Å². The number of aromatic amines is 1. The molecule has 10 N–H and O–H groups in total. The highest BCUT2D eigenvalue weighted by Crippen LogP contribution is 2.15. The number of rotatable bonds is 19. The van der Waals surface area contributed by atoms with Gasteiger partial charge in [-0.15, -0.1) is 0 Å². The average molecular weight is 520 g/mol. The Bertz CT molecular complexity index is 997. The van der Waals surface area contributed by atoms with Crippen LogP contribution in [0.15, 0.2) is 17.5 Å². The van der Waals surface area contributed by atoms with Crippen LogP contribution in [0.3, 0.4) is 0 Å². The van der Waals surface area contributed by atoms with Crippen molar-refractivity contribution >= 4 is 35.7 Å². The molecule has 2 heterocycles. The normalized spacial score (nSPS) is 12.4. The summed E-state index contributed by atoms with van der Waals surface area (Å²) in [5.41, 5.74) is 11.2. The van der Waals surface area contributed by atoms with Crippen molar-refractivity contribution in [3.8, 4) is 0 Å². The lowest BCUT2D eigenvalue weighted by Gasteiger charge is -2.17. The number of carbonyl (C=O) groups is 2. The van der Waals surface area contributed by atoms with E-state index in [1.807, 2.05) is 0 Å². The van der Waals surface area contributed by atoms with Crippen molar-refractivity contribution in [3.63, 3.8) is 0 Å². The first-order chi connectivity index (χ1) is 17.8. The molecular weight excluding hydrogens is 482 g/mol. The standard InChI is InChI=1S/C22H37N11O4/c1-2-3-4-5-6-9-27-20-31-21(29-15(17(34)35)8-7-10-26-19(23)24)33-22(32-20)30-16(18(36)37)11-14-12-25-13-28-14/h12-13,15-16H,2-11H2,1H3,(H,25,28)(H,34,35)(H,36,37)(H4,23,24,26)(H3,27,29,30,31,32,33). The number of anilines is 3. The fraction of sp³-hybridized carbons (Fsp3) is 0.591. The minimum atomic E-state index is -1.11. The molecule has 0 aliphatic carbocycles. The summed E-state index contributed by atoms with van der Waals surface area (Å²) >= 11 is 0. The molecule has 0 saturated carbocycles. The molecule has 0 saturated heterocycles. The third-order valence-corrected chi connectivity index (χ3v) is 5.33. The number of nitrogens with zero attached hydrogens (tertiary/aromatic N) is 5. The van der Waals surface area contributed by atoms with Crippen LogP contribution in [0.1, 0.15) is 57.6 Å². The van der Waals surface area contributed by atoms with Crippen LogP contribution in [0.25, 0.3) is 0 Å². The van der Waals surface area contributed by atoms with E-state index in [2.05, 4.69) is 52.8 Å². The molecule has 2 unspecified atom stereocenters. The van der Waals surface area contributed by atoms with Crippen molar-refractivity contribution in [3.05, 3.63) is 18.2 Å². The van der Waals surface area contributed by atoms with Crippen molar-refractivity contribution in [1.29, 1.82) is 0 Å². The molecule has 0 amide bonds. The first kappa shape index (κ1) is 29.1. The van der Waals surface area contributed by atoms with Gasteiger partial charge in [0.25, 0.3) is 0 Å². The van der Waals surface area contributed by atoms with E-state index in [-0.39, 0.29) is 43.2 Å². The Morgan fingerprint density at radius 2 is 1.62 bits per heavy atom. The number of H-pyrrole nitrogens is 1. The van der Waals surface area contributed by atoms with E-state index < -0.39 is 24.0 Å². The largest absolute Gasteiger partial charge is 0.480 e. The molecule has 15 nitrogen and oxygen atoms in total. The summed E-state index contributed by atoms with van der Waals surface area (Å²) in [5.74, 6) is -2.10. The van der Waals surface area contributed by atoms with Crippen LogP contribution in [0.2, 0.25) is 0 Å². The van der Waals surface area contributed by atoms with Gasteiger partial charge in [0.2, 0.25) is 17.8 Å². The van der Waals surface area contributed by atoms with Gasteiger partial charge in [-0.1, -0.05) is 32.6 Å². The minimum absolute atomic E-state index is 0.00842. The molecule has 15 heteroatoms. The SMILES string of the molecule is CCCCCCCNc1nc(NC(CCCN=C(N)N)C(=O)O)nc(NC(Cc2cnc[nH]2)C(=O)O)n1. The maximum Gasteiger partial charge on any atom is 0.326 e. The summed E-state index contributed by atoms with van der Waals surface area (Å²) in [6, 6.07) is -2.08. The van der Waals surface area contributed by atoms with Gasteiger partial charge in [-0.05, 0) is 19.3 Å². The number of carboxylic acids is 2. The number of unbranched alkanes of at least 4 members (excludes halogenated alkanes) is 4. The topological polar surface area (TPSA) is 242 Å². The third-order valence-electron chi connectivity index (χ3n) is 5.33. The zero-order valence-corrected chi connectivity index (χ0v) is 21.0. The lowest BCUT2D eigenvalue weighted by atomic mass is 10.1. The fourth-order valence-corrected chi connectivity index (χ4v) is 3.40. The summed E-state index contributed by atoms with van der Waals surface area (Å²) in [6.45, 7) is 3.02. The van der Waals surface area contributed by atoms with Crippen molar-refractivity contribution in [2.45, 2.75) is 70.4 Å². The Labute approximate surface area is 215 Å². The number of nitrogens with one attached hydrogen (secondary N) is 4. The Balaban J connectivity index is 2.17. The molecule has 2 rings (SSSR count). The second-order valence-corrected chi connectivity index (χ2v) is 8.45. The smallest absolute Gasteiger partial charge is 0.326 e. The van der Waals surface area contributed by atoms with E-state index in [0.717, 1.165) is 25.7 Å². The Morgan fingerprint density at radius 3 is 2.22 bits per heavy atom. The number of aliphatic imine (C=N–C) groups is 1. The van der Waals surface area contributed by atoms with Gasteiger partial charge in [0.15, 0.2) is 5.96 Å². The van der Waals surface area contributed by atoms with E-state index in [1.165, 1.54) is 18.9 Å². The number of carboxylic acid groups (broad SMARTS) is 2. The molecule has 0 aromatic carbocycles. The van der Waals surface area contributed by atoms with Crippen LogP contribution in [-0.2, 0) is 16.0 Å². The molecule has 0 spiro atoms. The number of guanidine groups is 1. The zero-order chi connectivity index (χ0) is 27.0. The third kappa shape index (κ3) is 11.4. The minimum Gasteiger partial charge on any atom is -0.480 e. The number of imidazole rings is 1. The summed E-state index contributed by atoms with van der Waals surface area (Å²) in [4.78, 5) is 47.1. The summed E-state index contributed by atoms with van der Waals surface area (Å²) < 4.78 is 0. The summed E-state index contributed by atoms with van der Waals surface area (Å²) in [5, 5.41) is 28.1. The maximum absolute atomic E-state index is 11.9.